The van der Waals surface area contributed by atoms with Crippen LogP contribution in [0.15, 0.2) is 62.2 Å². The molecule has 0 aliphatic rings. The van der Waals surface area contributed by atoms with E-state index < -0.39 is 0 Å². The summed E-state index contributed by atoms with van der Waals surface area (Å²) in [5.74, 6) is 0.522. The molecule has 3 rings (SSSR count). The van der Waals surface area contributed by atoms with Gasteiger partial charge in [-0.2, -0.15) is 5.10 Å². The highest BCUT2D eigenvalue weighted by molar-refractivity contribution is 9.10. The third-order valence-electron chi connectivity index (χ3n) is 3.03. The molecule has 2 aromatic heterocycles. The second-order valence-corrected chi connectivity index (χ2v) is 6.16. The Bertz CT molecular complexity index is 810. The zero-order chi connectivity index (χ0) is 15.5. The minimum atomic E-state index is -0.320. The summed E-state index contributed by atoms with van der Waals surface area (Å²) in [7, 11) is 0. The molecule has 0 bridgehead atoms. The normalized spacial score (nSPS) is 10.6. The van der Waals surface area contributed by atoms with Crippen LogP contribution in [0.3, 0.4) is 0 Å². The molecule has 1 N–H and O–H groups in total. The van der Waals surface area contributed by atoms with Gasteiger partial charge in [0.2, 0.25) is 0 Å². The number of anilines is 1. The Labute approximate surface area is 143 Å². The highest BCUT2D eigenvalue weighted by Gasteiger charge is 2.13. The zero-order valence-corrected chi connectivity index (χ0v) is 14.5. The topological polar surface area (TPSA) is 60.1 Å². The molecule has 0 radical (unpaired) electrons. The maximum atomic E-state index is 12.1. The van der Waals surface area contributed by atoms with E-state index in [1.165, 1.54) is 0 Å². The SMILES string of the molecule is O=C(Nc1ccnn1Cc1ccccc1Br)c1ccc(Br)o1. The maximum absolute atomic E-state index is 12.1. The standard InChI is InChI=1S/C15H11Br2N3O2/c16-11-4-2-1-3-10(11)9-20-14(7-8-18-20)19-15(21)12-5-6-13(17)22-12/h1-8H,9H2,(H,19,21). The van der Waals surface area contributed by atoms with Gasteiger partial charge >= 0.3 is 0 Å². The average Bonchev–Trinajstić information content (AvgIpc) is 3.11. The van der Waals surface area contributed by atoms with Crippen LogP contribution < -0.4 is 5.32 Å². The van der Waals surface area contributed by atoms with E-state index in [0.29, 0.717) is 17.0 Å². The van der Waals surface area contributed by atoms with E-state index in [0.717, 1.165) is 10.0 Å². The van der Waals surface area contributed by atoms with Crippen LogP contribution in [0.25, 0.3) is 0 Å². The molecule has 5 nitrogen and oxygen atoms in total. The average molecular weight is 425 g/mol. The van der Waals surface area contributed by atoms with Gasteiger partial charge in [0, 0.05) is 10.5 Å². The largest absolute Gasteiger partial charge is 0.444 e. The van der Waals surface area contributed by atoms with E-state index in [2.05, 4.69) is 42.3 Å². The predicted octanol–water partition coefficient (Wildman–Crippen LogP) is 4.30. The number of amides is 1. The van der Waals surface area contributed by atoms with Crippen LogP contribution >= 0.6 is 31.9 Å². The summed E-state index contributed by atoms with van der Waals surface area (Å²) in [4.78, 5) is 12.1. The van der Waals surface area contributed by atoms with Crippen molar-refractivity contribution < 1.29 is 9.21 Å². The molecule has 1 amide bonds. The highest BCUT2D eigenvalue weighted by Crippen LogP contribution is 2.20. The molecule has 0 saturated carbocycles. The van der Waals surface area contributed by atoms with Crippen molar-refractivity contribution in [2.24, 2.45) is 0 Å². The first kappa shape index (κ1) is 15.1. The Hall–Kier alpha value is -1.86. The molecule has 0 aliphatic carbocycles. The maximum Gasteiger partial charge on any atom is 0.292 e. The number of benzene rings is 1. The van der Waals surface area contributed by atoms with Crippen molar-refractivity contribution in [2.75, 3.05) is 5.32 Å². The van der Waals surface area contributed by atoms with Crippen LogP contribution in [0.1, 0.15) is 16.1 Å². The van der Waals surface area contributed by atoms with Crippen molar-refractivity contribution in [3.63, 3.8) is 0 Å². The fraction of sp³-hybridized carbons (Fsp3) is 0.0667. The van der Waals surface area contributed by atoms with Gasteiger partial charge in [-0.25, -0.2) is 4.68 Å². The Balaban J connectivity index is 1.78. The molecule has 0 spiro atoms. The van der Waals surface area contributed by atoms with Crippen molar-refractivity contribution in [1.29, 1.82) is 0 Å². The van der Waals surface area contributed by atoms with Crippen LogP contribution in [-0.2, 0) is 6.54 Å². The molecule has 1 aromatic carbocycles. The summed E-state index contributed by atoms with van der Waals surface area (Å²) >= 11 is 6.68. The van der Waals surface area contributed by atoms with E-state index in [-0.39, 0.29) is 11.7 Å². The number of rotatable bonds is 4. The van der Waals surface area contributed by atoms with Gasteiger partial charge in [0.25, 0.3) is 5.91 Å². The second-order valence-electron chi connectivity index (χ2n) is 4.52. The first-order valence-corrected chi connectivity index (χ1v) is 8.04. The van der Waals surface area contributed by atoms with Crippen LogP contribution in [0.4, 0.5) is 5.82 Å². The zero-order valence-electron chi connectivity index (χ0n) is 11.3. The quantitative estimate of drug-likeness (QED) is 0.679. The van der Waals surface area contributed by atoms with Crippen molar-refractivity contribution in [1.82, 2.24) is 9.78 Å². The lowest BCUT2D eigenvalue weighted by Crippen LogP contribution is -2.15. The second kappa shape index (κ2) is 6.50. The van der Waals surface area contributed by atoms with E-state index in [1.54, 1.807) is 29.1 Å². The fourth-order valence-corrected chi connectivity index (χ4v) is 2.68. The summed E-state index contributed by atoms with van der Waals surface area (Å²) < 4.78 is 8.47. The third kappa shape index (κ3) is 3.31. The number of carbonyl (C=O) groups excluding carboxylic acids is 1. The molecule has 7 heteroatoms. The molecule has 112 valence electrons. The Morgan fingerprint density at radius 1 is 1.18 bits per heavy atom. The summed E-state index contributed by atoms with van der Waals surface area (Å²) in [6, 6.07) is 12.9. The molecule has 0 unspecified atom stereocenters. The van der Waals surface area contributed by atoms with E-state index in [1.807, 2.05) is 24.3 Å². The van der Waals surface area contributed by atoms with Crippen molar-refractivity contribution in [3.8, 4) is 0 Å². The van der Waals surface area contributed by atoms with Crippen molar-refractivity contribution >= 4 is 43.6 Å². The number of nitrogens with zero attached hydrogens (tertiary/aromatic N) is 2. The van der Waals surface area contributed by atoms with Crippen LogP contribution in [0, 0.1) is 0 Å². The molecule has 0 atom stereocenters. The molecule has 0 aliphatic heterocycles. The molecule has 0 saturated heterocycles. The van der Waals surface area contributed by atoms with Gasteiger partial charge in [-0.05, 0) is 39.7 Å². The summed E-state index contributed by atoms with van der Waals surface area (Å²) in [6.07, 6.45) is 1.64. The molecular formula is C15H11Br2N3O2. The monoisotopic (exact) mass is 423 g/mol. The van der Waals surface area contributed by atoms with Crippen LogP contribution in [0.2, 0.25) is 0 Å². The van der Waals surface area contributed by atoms with E-state index in [9.17, 15) is 4.79 Å². The number of aromatic nitrogens is 2. The van der Waals surface area contributed by atoms with Gasteiger partial charge in [-0.15, -0.1) is 0 Å². The van der Waals surface area contributed by atoms with Crippen molar-refractivity contribution in [2.45, 2.75) is 6.54 Å². The fourth-order valence-electron chi connectivity index (χ4n) is 1.97. The van der Waals surface area contributed by atoms with Crippen molar-refractivity contribution in [3.05, 3.63) is 69.1 Å². The first-order valence-electron chi connectivity index (χ1n) is 6.45. The van der Waals surface area contributed by atoms with Crippen LogP contribution in [0.5, 0.6) is 0 Å². The van der Waals surface area contributed by atoms with Gasteiger partial charge in [0.1, 0.15) is 5.82 Å². The smallest absolute Gasteiger partial charge is 0.292 e. The third-order valence-corrected chi connectivity index (χ3v) is 4.23. The highest BCUT2D eigenvalue weighted by atomic mass is 79.9. The number of hydrogen-bond acceptors (Lipinski definition) is 3. The number of carbonyl (C=O) groups is 1. The predicted molar refractivity (Wildman–Crippen MR) is 89.8 cm³/mol. The van der Waals surface area contributed by atoms with Gasteiger partial charge in [0.05, 0.1) is 12.7 Å². The summed E-state index contributed by atoms with van der Waals surface area (Å²) in [6.45, 7) is 0.548. The number of furan rings is 1. The minimum absolute atomic E-state index is 0.237. The molecule has 0 fully saturated rings. The lowest BCUT2D eigenvalue weighted by molar-refractivity contribution is 0.0994. The van der Waals surface area contributed by atoms with Gasteiger partial charge in [0.15, 0.2) is 10.4 Å². The molecule has 2 heterocycles. The number of nitrogens with one attached hydrogen (secondary N) is 1. The Kier molecular flexibility index (Phi) is 4.44. The van der Waals surface area contributed by atoms with E-state index >= 15 is 0 Å². The van der Waals surface area contributed by atoms with Gasteiger partial charge in [-0.3, -0.25) is 4.79 Å². The summed E-state index contributed by atoms with van der Waals surface area (Å²) in [5.41, 5.74) is 1.07. The summed E-state index contributed by atoms with van der Waals surface area (Å²) in [5, 5.41) is 7.04. The van der Waals surface area contributed by atoms with Crippen LogP contribution in [-0.4, -0.2) is 15.7 Å². The lowest BCUT2D eigenvalue weighted by atomic mass is 10.2. The van der Waals surface area contributed by atoms with Gasteiger partial charge in [-0.1, -0.05) is 34.1 Å². The molecular weight excluding hydrogens is 414 g/mol. The lowest BCUT2D eigenvalue weighted by Gasteiger charge is -2.09. The minimum Gasteiger partial charge on any atom is -0.444 e. The Morgan fingerprint density at radius 2 is 2.00 bits per heavy atom. The number of hydrogen-bond donors (Lipinski definition) is 1. The number of halogens is 2. The Morgan fingerprint density at radius 3 is 2.73 bits per heavy atom. The van der Waals surface area contributed by atoms with Gasteiger partial charge < -0.3 is 9.73 Å². The molecule has 3 aromatic rings. The molecule has 22 heavy (non-hydrogen) atoms. The first-order chi connectivity index (χ1) is 10.6. The van der Waals surface area contributed by atoms with E-state index in [4.69, 9.17) is 4.42 Å².